The molecular formula is C23H19BClFN2. The maximum Gasteiger partial charge on any atom is 0.130 e. The molecule has 0 atom stereocenters. The molecule has 0 aliphatic heterocycles. The topological polar surface area (TPSA) is 17.8 Å². The molecule has 0 aliphatic rings. The first-order valence-electron chi connectivity index (χ1n) is 8.89. The van der Waals surface area contributed by atoms with Crippen molar-refractivity contribution in [2.75, 3.05) is 0 Å². The first-order chi connectivity index (χ1) is 13.7. The maximum absolute atomic E-state index is 12.7. The second-order valence-corrected chi connectivity index (χ2v) is 6.41. The van der Waals surface area contributed by atoms with Crippen LogP contribution in [0.2, 0.25) is 5.02 Å². The number of imidazole rings is 1. The van der Waals surface area contributed by atoms with E-state index < -0.39 is 0 Å². The van der Waals surface area contributed by atoms with Crippen molar-refractivity contribution < 1.29 is 4.39 Å². The number of rotatable bonds is 3. The van der Waals surface area contributed by atoms with Gasteiger partial charge in [0.05, 0.1) is 17.0 Å². The highest BCUT2D eigenvalue weighted by Gasteiger charge is 2.03. The summed E-state index contributed by atoms with van der Waals surface area (Å²) in [5.74, 6) is 1.82. The highest BCUT2D eigenvalue weighted by Crippen LogP contribution is 2.22. The molecule has 28 heavy (non-hydrogen) atoms. The fraction of sp³-hybridized carbons (Fsp3) is 0. The van der Waals surface area contributed by atoms with Gasteiger partial charge in [0.15, 0.2) is 0 Å². The highest BCUT2D eigenvalue weighted by molar-refractivity contribution is 6.32. The summed E-state index contributed by atoms with van der Waals surface area (Å²) >= 11 is 5.83. The molecule has 0 fully saturated rings. The van der Waals surface area contributed by atoms with Crippen LogP contribution in [-0.4, -0.2) is 17.4 Å². The van der Waals surface area contributed by atoms with Crippen molar-refractivity contribution in [2.45, 2.75) is 0 Å². The van der Waals surface area contributed by atoms with E-state index in [0.717, 1.165) is 5.69 Å². The van der Waals surface area contributed by atoms with E-state index in [1.54, 1.807) is 29.4 Å². The average molecular weight is 389 g/mol. The van der Waals surface area contributed by atoms with E-state index in [-0.39, 0.29) is 5.82 Å². The Bertz CT molecular complexity index is 991. The normalized spacial score (nSPS) is 9.93. The Kier molecular flexibility index (Phi) is 6.82. The quantitative estimate of drug-likeness (QED) is 0.431. The molecule has 138 valence electrons. The second-order valence-electron chi connectivity index (χ2n) is 6.00. The van der Waals surface area contributed by atoms with Gasteiger partial charge >= 0.3 is 0 Å². The monoisotopic (exact) mass is 388 g/mol. The van der Waals surface area contributed by atoms with Gasteiger partial charge in [-0.3, -0.25) is 0 Å². The van der Waals surface area contributed by atoms with Crippen LogP contribution >= 0.6 is 11.6 Å². The molecule has 0 saturated carbocycles. The van der Waals surface area contributed by atoms with E-state index in [0.29, 0.717) is 5.02 Å². The van der Waals surface area contributed by atoms with E-state index in [1.807, 2.05) is 12.1 Å². The van der Waals surface area contributed by atoms with Crippen LogP contribution in [0, 0.1) is 5.82 Å². The lowest BCUT2D eigenvalue weighted by Gasteiger charge is -2.07. The van der Waals surface area contributed by atoms with Crippen LogP contribution in [0.5, 0.6) is 0 Å². The van der Waals surface area contributed by atoms with Gasteiger partial charge in [-0.15, -0.1) is 5.98 Å². The minimum absolute atomic E-state index is 0.339. The predicted octanol–water partition coefficient (Wildman–Crippen LogP) is 5.37. The number of nitrogens with zero attached hydrogens (tertiary/aromatic N) is 2. The molecule has 0 spiro atoms. The van der Waals surface area contributed by atoms with Crippen LogP contribution in [0.1, 0.15) is 11.1 Å². The van der Waals surface area contributed by atoms with Crippen molar-refractivity contribution in [1.82, 2.24) is 9.55 Å². The number of benzene rings is 3. The smallest absolute Gasteiger partial charge is 0.130 e. The molecule has 0 unspecified atom stereocenters. The highest BCUT2D eigenvalue weighted by atomic mass is 35.5. The number of hydrogen-bond donors (Lipinski definition) is 0. The van der Waals surface area contributed by atoms with Crippen LogP contribution in [0.25, 0.3) is 11.3 Å². The summed E-state index contributed by atoms with van der Waals surface area (Å²) in [7, 11) is 2.08. The summed E-state index contributed by atoms with van der Waals surface area (Å²) in [4.78, 5) is 3.87. The van der Waals surface area contributed by atoms with Crippen molar-refractivity contribution in [3.63, 3.8) is 0 Å². The third kappa shape index (κ3) is 4.99. The lowest BCUT2D eigenvalue weighted by Crippen LogP contribution is -1.91. The van der Waals surface area contributed by atoms with E-state index in [2.05, 4.69) is 67.3 Å². The maximum atomic E-state index is 12.7. The fourth-order valence-corrected chi connectivity index (χ4v) is 3.09. The molecule has 0 bridgehead atoms. The lowest BCUT2D eigenvalue weighted by atomic mass is 9.92. The Morgan fingerprint density at radius 1 is 0.929 bits per heavy atom. The predicted molar refractivity (Wildman–Crippen MR) is 117 cm³/mol. The standard InChI is InChI=1S/C14H13B.C9H6ClFN2/c15-11-14(12-7-3-1-4-8-12)13-9-5-2-6-10-13;10-8-5-7(11)1-2-9(8)13-4-3-12-6-13/h1-11H,15H2;1-6H. The van der Waals surface area contributed by atoms with Crippen LogP contribution in [-0.2, 0) is 0 Å². The van der Waals surface area contributed by atoms with E-state index >= 15 is 0 Å². The molecule has 1 heterocycles. The minimum Gasteiger partial charge on any atom is -0.305 e. The van der Waals surface area contributed by atoms with Gasteiger partial charge in [0, 0.05) is 12.4 Å². The molecule has 4 aromatic rings. The Morgan fingerprint density at radius 2 is 1.54 bits per heavy atom. The number of hydrogen-bond acceptors (Lipinski definition) is 1. The summed E-state index contributed by atoms with van der Waals surface area (Å²) in [6, 6.07) is 25.2. The summed E-state index contributed by atoms with van der Waals surface area (Å²) < 4.78 is 14.4. The molecule has 3 aromatic carbocycles. The molecule has 5 heteroatoms. The summed E-state index contributed by atoms with van der Waals surface area (Å²) in [6.45, 7) is 0. The molecular weight excluding hydrogens is 370 g/mol. The number of aromatic nitrogens is 2. The van der Waals surface area contributed by atoms with Crippen molar-refractivity contribution in [2.24, 2.45) is 0 Å². The summed E-state index contributed by atoms with van der Waals surface area (Å²) in [5.41, 5.74) is 4.55. The third-order valence-corrected chi connectivity index (χ3v) is 4.45. The lowest BCUT2D eigenvalue weighted by molar-refractivity contribution is 0.627. The van der Waals surface area contributed by atoms with Crippen molar-refractivity contribution in [1.29, 1.82) is 0 Å². The Hall–Kier alpha value is -3.11. The van der Waals surface area contributed by atoms with Gasteiger partial charge in [0.2, 0.25) is 0 Å². The van der Waals surface area contributed by atoms with Gasteiger partial charge < -0.3 is 4.57 Å². The minimum atomic E-state index is -0.339. The van der Waals surface area contributed by atoms with Gasteiger partial charge in [-0.2, -0.15) is 0 Å². The van der Waals surface area contributed by atoms with Gasteiger partial charge in [0.1, 0.15) is 13.7 Å². The van der Waals surface area contributed by atoms with Crippen LogP contribution < -0.4 is 0 Å². The Labute approximate surface area is 170 Å². The average Bonchev–Trinajstić information content (AvgIpc) is 3.25. The first kappa shape index (κ1) is 19.7. The first-order valence-corrected chi connectivity index (χ1v) is 9.27. The SMILES string of the molecule is BC=C(c1ccccc1)c1ccccc1.Fc1ccc(-n2ccnc2)c(Cl)c1. The molecule has 1 aromatic heterocycles. The summed E-state index contributed by atoms with van der Waals surface area (Å²) in [6.07, 6.45) is 5.00. The molecule has 0 amide bonds. The molecule has 0 aliphatic carbocycles. The van der Waals surface area contributed by atoms with Gasteiger partial charge in [-0.25, -0.2) is 9.37 Å². The molecule has 2 nitrogen and oxygen atoms in total. The zero-order valence-electron chi connectivity index (χ0n) is 15.5. The van der Waals surface area contributed by atoms with E-state index in [1.165, 1.54) is 28.8 Å². The van der Waals surface area contributed by atoms with Crippen molar-refractivity contribution in [3.8, 4) is 5.69 Å². The molecule has 0 radical (unpaired) electrons. The van der Waals surface area contributed by atoms with Crippen molar-refractivity contribution >= 4 is 25.0 Å². The zero-order valence-corrected chi connectivity index (χ0v) is 16.2. The van der Waals surface area contributed by atoms with E-state index in [4.69, 9.17) is 11.6 Å². The Morgan fingerprint density at radius 3 is 2.00 bits per heavy atom. The van der Waals surface area contributed by atoms with Gasteiger partial charge in [0.25, 0.3) is 0 Å². The van der Waals surface area contributed by atoms with Crippen LogP contribution in [0.3, 0.4) is 0 Å². The second kappa shape index (κ2) is 9.72. The fourth-order valence-electron chi connectivity index (χ4n) is 2.83. The number of halogens is 2. The third-order valence-electron chi connectivity index (χ3n) is 4.15. The van der Waals surface area contributed by atoms with E-state index in [9.17, 15) is 4.39 Å². The zero-order chi connectivity index (χ0) is 19.8. The molecule has 4 rings (SSSR count). The van der Waals surface area contributed by atoms with Gasteiger partial charge in [-0.05, 0) is 34.9 Å². The van der Waals surface area contributed by atoms with Crippen LogP contribution in [0.4, 0.5) is 4.39 Å². The van der Waals surface area contributed by atoms with Crippen molar-refractivity contribution in [3.05, 3.63) is 126 Å². The van der Waals surface area contributed by atoms with Crippen LogP contribution in [0.15, 0.2) is 104 Å². The Balaban J connectivity index is 0.000000162. The summed E-state index contributed by atoms with van der Waals surface area (Å²) in [5, 5.41) is 0.373. The largest absolute Gasteiger partial charge is 0.305 e. The molecule has 0 saturated heterocycles. The molecule has 0 N–H and O–H groups in total. The van der Waals surface area contributed by atoms with Gasteiger partial charge in [-0.1, -0.05) is 72.3 Å².